The van der Waals surface area contributed by atoms with Gasteiger partial charge in [-0.15, -0.1) is 0 Å². The van der Waals surface area contributed by atoms with Gasteiger partial charge < -0.3 is 9.47 Å². The highest BCUT2D eigenvalue weighted by atomic mass is 32.2. The van der Waals surface area contributed by atoms with Crippen LogP contribution in [0.1, 0.15) is 16.7 Å². The molecule has 2 heterocycles. The molecule has 0 radical (unpaired) electrons. The van der Waals surface area contributed by atoms with Crippen molar-refractivity contribution in [3.63, 3.8) is 0 Å². The highest BCUT2D eigenvalue weighted by Gasteiger charge is 2.28. The maximum Gasteiger partial charge on any atom is 0.264 e. The number of nitrogens with zero attached hydrogens (tertiary/aromatic N) is 2. The molecule has 3 aromatic rings. The zero-order valence-corrected chi connectivity index (χ0v) is 16.4. The van der Waals surface area contributed by atoms with E-state index in [2.05, 4.69) is 4.98 Å². The Bertz CT molecular complexity index is 1090. The summed E-state index contributed by atoms with van der Waals surface area (Å²) in [6.07, 6.45) is 3.34. The molecule has 1 aromatic heterocycles. The van der Waals surface area contributed by atoms with Crippen LogP contribution in [0.3, 0.4) is 0 Å². The molecule has 0 aliphatic carbocycles. The largest absolute Gasteiger partial charge is 0.454 e. The molecule has 0 N–H and O–H groups in total. The van der Waals surface area contributed by atoms with E-state index in [1.165, 1.54) is 10.4 Å². The number of pyridine rings is 1. The second kappa shape index (κ2) is 7.16. The molecule has 1 aliphatic heterocycles. The predicted octanol–water partition coefficient (Wildman–Crippen LogP) is 3.82. The van der Waals surface area contributed by atoms with Crippen molar-refractivity contribution in [1.29, 1.82) is 0 Å². The standard InChI is InChI=1S/C21H20N2O4S/c1-15-8-16(2)10-18(9-15)23(13-17-4-3-7-22-12-17)28(24,25)19-5-6-20-21(11-19)27-14-26-20/h3-12H,13-14H2,1-2H3. The number of hydrogen-bond acceptors (Lipinski definition) is 5. The van der Waals surface area contributed by atoms with Crippen LogP contribution in [0, 0.1) is 13.8 Å². The minimum atomic E-state index is -3.84. The first-order valence-electron chi connectivity index (χ1n) is 8.83. The molecule has 144 valence electrons. The van der Waals surface area contributed by atoms with Crippen LogP contribution in [-0.2, 0) is 16.6 Å². The third kappa shape index (κ3) is 3.53. The number of ether oxygens (including phenoxy) is 2. The van der Waals surface area contributed by atoms with Crippen LogP contribution in [0.5, 0.6) is 11.5 Å². The Balaban J connectivity index is 1.81. The SMILES string of the molecule is Cc1cc(C)cc(N(Cc2cccnc2)S(=O)(=O)c2ccc3c(c2)OCO3)c1. The minimum Gasteiger partial charge on any atom is -0.454 e. The van der Waals surface area contributed by atoms with Crippen molar-refractivity contribution in [2.24, 2.45) is 0 Å². The fourth-order valence-electron chi connectivity index (χ4n) is 3.23. The van der Waals surface area contributed by atoms with Crippen molar-refractivity contribution in [3.8, 4) is 11.5 Å². The van der Waals surface area contributed by atoms with Gasteiger partial charge in [0.15, 0.2) is 11.5 Å². The molecule has 6 nitrogen and oxygen atoms in total. The number of benzene rings is 2. The van der Waals surface area contributed by atoms with E-state index in [4.69, 9.17) is 9.47 Å². The fraction of sp³-hybridized carbons (Fsp3) is 0.190. The van der Waals surface area contributed by atoms with Crippen molar-refractivity contribution < 1.29 is 17.9 Å². The Kier molecular flexibility index (Phi) is 4.68. The number of hydrogen-bond donors (Lipinski definition) is 0. The second-order valence-electron chi connectivity index (χ2n) is 6.73. The van der Waals surface area contributed by atoms with Crippen LogP contribution >= 0.6 is 0 Å². The summed E-state index contributed by atoms with van der Waals surface area (Å²) in [6, 6.07) is 14.1. The van der Waals surface area contributed by atoms with Gasteiger partial charge in [0.1, 0.15) is 0 Å². The molecule has 7 heteroatoms. The Morgan fingerprint density at radius 2 is 1.75 bits per heavy atom. The molecule has 0 saturated heterocycles. The lowest BCUT2D eigenvalue weighted by Gasteiger charge is -2.25. The summed E-state index contributed by atoms with van der Waals surface area (Å²) in [5, 5.41) is 0. The van der Waals surface area contributed by atoms with Crippen molar-refractivity contribution in [2.45, 2.75) is 25.3 Å². The van der Waals surface area contributed by atoms with Crippen LogP contribution in [-0.4, -0.2) is 20.2 Å². The van der Waals surface area contributed by atoms with Crippen molar-refractivity contribution in [3.05, 3.63) is 77.6 Å². The number of sulfonamides is 1. The fourth-order valence-corrected chi connectivity index (χ4v) is 4.68. The molecule has 2 aromatic carbocycles. The van der Waals surface area contributed by atoms with E-state index in [1.807, 2.05) is 38.1 Å². The van der Waals surface area contributed by atoms with E-state index in [0.717, 1.165) is 16.7 Å². The lowest BCUT2D eigenvalue weighted by atomic mass is 10.1. The molecule has 28 heavy (non-hydrogen) atoms. The first-order valence-corrected chi connectivity index (χ1v) is 10.3. The predicted molar refractivity (Wildman–Crippen MR) is 106 cm³/mol. The van der Waals surface area contributed by atoms with Gasteiger partial charge in [-0.3, -0.25) is 9.29 Å². The Morgan fingerprint density at radius 3 is 2.46 bits per heavy atom. The van der Waals surface area contributed by atoms with E-state index in [-0.39, 0.29) is 18.2 Å². The van der Waals surface area contributed by atoms with Crippen LogP contribution in [0.4, 0.5) is 5.69 Å². The lowest BCUT2D eigenvalue weighted by Crippen LogP contribution is -2.30. The molecule has 0 bridgehead atoms. The Morgan fingerprint density at radius 1 is 1.00 bits per heavy atom. The van der Waals surface area contributed by atoms with Gasteiger partial charge in [-0.05, 0) is 60.9 Å². The molecule has 0 fully saturated rings. The van der Waals surface area contributed by atoms with Crippen molar-refractivity contribution in [1.82, 2.24) is 4.98 Å². The van der Waals surface area contributed by atoms with Crippen LogP contribution in [0.25, 0.3) is 0 Å². The third-order valence-electron chi connectivity index (χ3n) is 4.48. The molecular weight excluding hydrogens is 376 g/mol. The smallest absolute Gasteiger partial charge is 0.264 e. The number of aryl methyl sites for hydroxylation is 2. The van der Waals surface area contributed by atoms with Crippen LogP contribution in [0.2, 0.25) is 0 Å². The average molecular weight is 396 g/mol. The van der Waals surface area contributed by atoms with Crippen molar-refractivity contribution in [2.75, 3.05) is 11.1 Å². The van der Waals surface area contributed by atoms with E-state index in [9.17, 15) is 8.42 Å². The van der Waals surface area contributed by atoms with E-state index < -0.39 is 10.0 Å². The number of aromatic nitrogens is 1. The summed E-state index contributed by atoms with van der Waals surface area (Å²) in [4.78, 5) is 4.26. The van der Waals surface area contributed by atoms with E-state index in [0.29, 0.717) is 17.2 Å². The molecule has 1 aliphatic rings. The normalized spacial score (nSPS) is 12.8. The maximum atomic E-state index is 13.6. The van der Waals surface area contributed by atoms with Gasteiger partial charge >= 0.3 is 0 Å². The van der Waals surface area contributed by atoms with Gasteiger partial charge in [0, 0.05) is 18.5 Å². The van der Waals surface area contributed by atoms with Crippen molar-refractivity contribution >= 4 is 15.7 Å². The topological polar surface area (TPSA) is 68.7 Å². The first-order chi connectivity index (χ1) is 13.4. The van der Waals surface area contributed by atoms with Gasteiger partial charge in [0.25, 0.3) is 10.0 Å². The maximum absolute atomic E-state index is 13.6. The monoisotopic (exact) mass is 396 g/mol. The summed E-state index contributed by atoms with van der Waals surface area (Å²) in [5.74, 6) is 0.979. The number of fused-ring (bicyclic) bond motifs is 1. The zero-order chi connectivity index (χ0) is 19.7. The lowest BCUT2D eigenvalue weighted by molar-refractivity contribution is 0.174. The van der Waals surface area contributed by atoms with Gasteiger partial charge in [-0.1, -0.05) is 12.1 Å². The van der Waals surface area contributed by atoms with Gasteiger partial charge in [0.05, 0.1) is 17.1 Å². The highest BCUT2D eigenvalue weighted by Crippen LogP contribution is 2.36. The molecule has 4 rings (SSSR count). The highest BCUT2D eigenvalue weighted by molar-refractivity contribution is 7.92. The summed E-state index contributed by atoms with van der Waals surface area (Å²) in [5.41, 5.74) is 3.39. The van der Waals surface area contributed by atoms with E-state index in [1.54, 1.807) is 30.6 Å². The summed E-state index contributed by atoms with van der Waals surface area (Å²) < 4.78 is 39.2. The number of anilines is 1. The average Bonchev–Trinajstić information content (AvgIpc) is 3.14. The summed E-state index contributed by atoms with van der Waals surface area (Å²) >= 11 is 0. The molecule has 0 atom stereocenters. The molecule has 0 saturated carbocycles. The van der Waals surface area contributed by atoms with Crippen LogP contribution < -0.4 is 13.8 Å². The quantitative estimate of drug-likeness (QED) is 0.656. The summed E-state index contributed by atoms with van der Waals surface area (Å²) in [7, 11) is -3.84. The second-order valence-corrected chi connectivity index (χ2v) is 8.60. The van der Waals surface area contributed by atoms with Crippen LogP contribution in [0.15, 0.2) is 65.8 Å². The summed E-state index contributed by atoms with van der Waals surface area (Å²) in [6.45, 7) is 4.17. The zero-order valence-electron chi connectivity index (χ0n) is 15.6. The Hall–Kier alpha value is -3.06. The molecule has 0 unspecified atom stereocenters. The molecule has 0 amide bonds. The molecule has 0 spiro atoms. The van der Waals surface area contributed by atoms with Gasteiger partial charge in [-0.2, -0.15) is 0 Å². The first kappa shape index (κ1) is 18.3. The molecular formula is C21H20N2O4S. The Labute approximate surface area is 164 Å². The van der Waals surface area contributed by atoms with Gasteiger partial charge in [-0.25, -0.2) is 8.42 Å². The minimum absolute atomic E-state index is 0.0926. The van der Waals surface area contributed by atoms with E-state index >= 15 is 0 Å². The number of rotatable bonds is 5. The third-order valence-corrected chi connectivity index (χ3v) is 6.25. The van der Waals surface area contributed by atoms with Gasteiger partial charge in [0.2, 0.25) is 6.79 Å².